The highest BCUT2D eigenvalue weighted by atomic mass is 16.5. The van der Waals surface area contributed by atoms with E-state index in [2.05, 4.69) is 4.90 Å². The van der Waals surface area contributed by atoms with Crippen molar-refractivity contribution in [1.82, 2.24) is 4.90 Å². The number of carbonyl (C=O) groups excluding carboxylic acids is 2. The SMILES string of the molecule is COc1cc(N2CCOC3=C2CC(C(=O)N2CCCCC2)=C3)ccc1C(N)=O. The van der Waals surface area contributed by atoms with Gasteiger partial charge in [-0.1, -0.05) is 0 Å². The number of nitrogens with zero attached hydrogens (tertiary/aromatic N) is 2. The molecule has 0 unspecified atom stereocenters. The molecule has 1 aliphatic carbocycles. The zero-order chi connectivity index (χ0) is 19.7. The van der Waals surface area contributed by atoms with Crippen molar-refractivity contribution in [2.24, 2.45) is 5.73 Å². The Morgan fingerprint density at radius 2 is 1.93 bits per heavy atom. The van der Waals surface area contributed by atoms with E-state index in [0.29, 0.717) is 30.9 Å². The molecule has 2 aliphatic heterocycles. The van der Waals surface area contributed by atoms with E-state index in [1.54, 1.807) is 12.1 Å². The van der Waals surface area contributed by atoms with Crippen LogP contribution >= 0.6 is 0 Å². The van der Waals surface area contributed by atoms with Gasteiger partial charge in [0.15, 0.2) is 0 Å². The van der Waals surface area contributed by atoms with Gasteiger partial charge in [-0.15, -0.1) is 0 Å². The van der Waals surface area contributed by atoms with Gasteiger partial charge < -0.3 is 25.0 Å². The molecule has 2 amide bonds. The molecule has 7 nitrogen and oxygen atoms in total. The molecule has 4 rings (SSSR count). The van der Waals surface area contributed by atoms with Crippen LogP contribution in [-0.2, 0) is 9.53 Å². The molecular formula is C21H25N3O4. The van der Waals surface area contributed by atoms with Crippen LogP contribution < -0.4 is 15.4 Å². The molecule has 3 aliphatic rings. The third kappa shape index (κ3) is 3.32. The van der Waals surface area contributed by atoms with Crippen molar-refractivity contribution in [2.75, 3.05) is 38.3 Å². The Hall–Kier alpha value is -2.96. The Kier molecular flexibility index (Phi) is 4.98. The first-order valence-electron chi connectivity index (χ1n) is 9.69. The van der Waals surface area contributed by atoms with Gasteiger partial charge in [-0.05, 0) is 37.5 Å². The second-order valence-corrected chi connectivity index (χ2v) is 7.26. The molecule has 2 N–H and O–H groups in total. The highest BCUT2D eigenvalue weighted by Gasteiger charge is 2.32. The minimum Gasteiger partial charge on any atom is -0.496 e. The molecular weight excluding hydrogens is 358 g/mol. The second kappa shape index (κ2) is 7.58. The van der Waals surface area contributed by atoms with E-state index in [9.17, 15) is 9.59 Å². The van der Waals surface area contributed by atoms with Gasteiger partial charge in [0.1, 0.15) is 18.1 Å². The van der Waals surface area contributed by atoms with Gasteiger partial charge in [0.05, 0.1) is 24.9 Å². The molecule has 0 atom stereocenters. The van der Waals surface area contributed by atoms with E-state index in [1.807, 2.05) is 17.0 Å². The van der Waals surface area contributed by atoms with Crippen LogP contribution in [0.2, 0.25) is 0 Å². The summed E-state index contributed by atoms with van der Waals surface area (Å²) in [5, 5.41) is 0. The molecule has 2 heterocycles. The molecule has 0 aromatic heterocycles. The van der Waals surface area contributed by atoms with Crippen molar-refractivity contribution >= 4 is 17.5 Å². The summed E-state index contributed by atoms with van der Waals surface area (Å²) in [5.74, 6) is 0.778. The Balaban J connectivity index is 1.56. The average molecular weight is 383 g/mol. The first-order chi connectivity index (χ1) is 13.6. The van der Waals surface area contributed by atoms with Gasteiger partial charge in [0.2, 0.25) is 5.91 Å². The molecule has 28 heavy (non-hydrogen) atoms. The van der Waals surface area contributed by atoms with Gasteiger partial charge in [-0.2, -0.15) is 0 Å². The number of likely N-dealkylation sites (tertiary alicyclic amines) is 1. The van der Waals surface area contributed by atoms with E-state index in [1.165, 1.54) is 13.5 Å². The first kappa shape index (κ1) is 18.4. The fourth-order valence-electron chi connectivity index (χ4n) is 4.07. The third-order valence-corrected chi connectivity index (χ3v) is 5.53. The van der Waals surface area contributed by atoms with Gasteiger partial charge >= 0.3 is 0 Å². The Morgan fingerprint density at radius 1 is 1.14 bits per heavy atom. The topological polar surface area (TPSA) is 85.1 Å². The van der Waals surface area contributed by atoms with Crippen LogP contribution in [0.5, 0.6) is 5.75 Å². The quantitative estimate of drug-likeness (QED) is 0.861. The highest BCUT2D eigenvalue weighted by molar-refractivity contribution is 5.97. The monoisotopic (exact) mass is 383 g/mol. The van der Waals surface area contributed by atoms with Crippen molar-refractivity contribution in [3.05, 3.63) is 46.9 Å². The predicted molar refractivity (Wildman–Crippen MR) is 105 cm³/mol. The van der Waals surface area contributed by atoms with E-state index in [4.69, 9.17) is 15.2 Å². The van der Waals surface area contributed by atoms with Crippen LogP contribution in [0.15, 0.2) is 41.3 Å². The number of hydrogen-bond acceptors (Lipinski definition) is 5. The fraction of sp³-hybridized carbons (Fsp3) is 0.429. The lowest BCUT2D eigenvalue weighted by Gasteiger charge is -2.32. The average Bonchev–Trinajstić information content (AvgIpc) is 3.17. The van der Waals surface area contributed by atoms with Gasteiger partial charge in [-0.3, -0.25) is 9.59 Å². The molecule has 1 aromatic carbocycles. The lowest BCUT2D eigenvalue weighted by molar-refractivity contribution is -0.128. The largest absolute Gasteiger partial charge is 0.496 e. The molecule has 0 bridgehead atoms. The lowest BCUT2D eigenvalue weighted by Crippen LogP contribution is -2.36. The summed E-state index contributed by atoms with van der Waals surface area (Å²) < 4.78 is 11.2. The summed E-state index contributed by atoms with van der Waals surface area (Å²) in [7, 11) is 1.52. The minimum absolute atomic E-state index is 0.110. The third-order valence-electron chi connectivity index (χ3n) is 5.53. The van der Waals surface area contributed by atoms with Crippen molar-refractivity contribution in [1.29, 1.82) is 0 Å². The number of benzene rings is 1. The summed E-state index contributed by atoms with van der Waals surface area (Å²) in [4.78, 5) is 28.5. The predicted octanol–water partition coefficient (Wildman–Crippen LogP) is 2.18. The highest BCUT2D eigenvalue weighted by Crippen LogP contribution is 2.37. The normalized spacial score (nSPS) is 19.1. The maximum absolute atomic E-state index is 12.9. The van der Waals surface area contributed by atoms with Crippen LogP contribution in [0.1, 0.15) is 36.0 Å². The van der Waals surface area contributed by atoms with E-state index >= 15 is 0 Å². The summed E-state index contributed by atoms with van der Waals surface area (Å²) in [6.07, 6.45) is 5.76. The van der Waals surface area contributed by atoms with Crippen molar-refractivity contribution in [3.63, 3.8) is 0 Å². The number of hydrogen-bond donors (Lipinski definition) is 1. The lowest BCUT2D eigenvalue weighted by atomic mass is 10.1. The molecule has 0 radical (unpaired) electrons. The minimum atomic E-state index is -0.526. The number of nitrogens with two attached hydrogens (primary N) is 1. The van der Waals surface area contributed by atoms with Gasteiger partial charge in [-0.25, -0.2) is 0 Å². The number of anilines is 1. The number of primary amides is 1. The smallest absolute Gasteiger partial charge is 0.252 e. The summed E-state index contributed by atoms with van der Waals surface area (Å²) in [6, 6.07) is 5.33. The molecule has 0 spiro atoms. The number of rotatable bonds is 4. The van der Waals surface area contributed by atoms with Crippen LogP contribution in [0, 0.1) is 0 Å². The van der Waals surface area contributed by atoms with Crippen molar-refractivity contribution < 1.29 is 19.1 Å². The Morgan fingerprint density at radius 3 is 2.64 bits per heavy atom. The summed E-state index contributed by atoms with van der Waals surface area (Å²) in [5.41, 5.74) is 8.40. The fourth-order valence-corrected chi connectivity index (χ4v) is 4.07. The van der Waals surface area contributed by atoms with Crippen LogP contribution in [0.4, 0.5) is 5.69 Å². The molecule has 7 heteroatoms. The number of methoxy groups -OCH3 is 1. The Bertz CT molecular complexity index is 868. The molecule has 148 valence electrons. The second-order valence-electron chi connectivity index (χ2n) is 7.26. The first-order valence-corrected chi connectivity index (χ1v) is 9.69. The van der Waals surface area contributed by atoms with E-state index in [0.717, 1.165) is 48.6 Å². The van der Waals surface area contributed by atoms with E-state index < -0.39 is 5.91 Å². The summed E-state index contributed by atoms with van der Waals surface area (Å²) >= 11 is 0. The molecule has 0 saturated carbocycles. The maximum atomic E-state index is 12.9. The molecule has 1 aromatic rings. The zero-order valence-electron chi connectivity index (χ0n) is 16.1. The zero-order valence-corrected chi connectivity index (χ0v) is 16.1. The Labute approximate surface area is 164 Å². The molecule has 1 fully saturated rings. The number of piperidine rings is 1. The summed E-state index contributed by atoms with van der Waals surface area (Å²) in [6.45, 7) is 2.85. The molecule has 1 saturated heterocycles. The number of amides is 2. The number of carbonyl (C=O) groups is 2. The van der Waals surface area contributed by atoms with Crippen molar-refractivity contribution in [2.45, 2.75) is 25.7 Å². The van der Waals surface area contributed by atoms with Crippen LogP contribution in [-0.4, -0.2) is 50.1 Å². The van der Waals surface area contributed by atoms with Crippen LogP contribution in [0.25, 0.3) is 0 Å². The standard InChI is InChI=1S/C21H25N3O4/c1-27-18-13-15(5-6-16(18)20(22)25)24-9-10-28-19-12-14(11-17(19)24)21(26)23-7-3-2-4-8-23/h5-6,12-13H,2-4,7-11H2,1H3,(H2,22,25). The number of ether oxygens (including phenoxy) is 2. The van der Waals surface area contributed by atoms with E-state index in [-0.39, 0.29) is 5.91 Å². The van der Waals surface area contributed by atoms with Gasteiger partial charge in [0.25, 0.3) is 5.91 Å². The van der Waals surface area contributed by atoms with Gasteiger partial charge in [0, 0.05) is 36.8 Å². The van der Waals surface area contributed by atoms with Crippen LogP contribution in [0.3, 0.4) is 0 Å². The number of allylic oxidation sites excluding steroid dienone is 2. The maximum Gasteiger partial charge on any atom is 0.252 e. The van der Waals surface area contributed by atoms with Crippen molar-refractivity contribution in [3.8, 4) is 5.75 Å².